The molecule has 3 heterocycles. The van der Waals surface area contributed by atoms with Gasteiger partial charge in [0.05, 0.1) is 22.8 Å². The van der Waals surface area contributed by atoms with E-state index in [1.54, 1.807) is 19.1 Å². The number of nitrogens with zero attached hydrogens (tertiary/aromatic N) is 4. The van der Waals surface area contributed by atoms with Crippen LogP contribution in [0.1, 0.15) is 68.7 Å². The van der Waals surface area contributed by atoms with Crippen LogP contribution in [0.5, 0.6) is 0 Å². The molecule has 0 bridgehead atoms. The van der Waals surface area contributed by atoms with E-state index in [9.17, 15) is 14.9 Å². The van der Waals surface area contributed by atoms with Gasteiger partial charge in [-0.3, -0.25) is 15.0 Å². The highest BCUT2D eigenvalue weighted by Gasteiger charge is 2.37. The minimum absolute atomic E-state index is 0.00372. The second-order valence-electron chi connectivity index (χ2n) is 10.5. The second kappa shape index (κ2) is 11.9. The molecular formula is C28H37N5O4S. The van der Waals surface area contributed by atoms with E-state index in [1.165, 1.54) is 49.7 Å². The van der Waals surface area contributed by atoms with Gasteiger partial charge in [-0.1, -0.05) is 31.4 Å². The lowest BCUT2D eigenvalue weighted by atomic mass is 9.81. The van der Waals surface area contributed by atoms with Gasteiger partial charge in [0, 0.05) is 74.5 Å². The first-order valence-electron chi connectivity index (χ1n) is 13.8. The molecule has 0 radical (unpaired) electrons. The molecule has 1 N–H and O–H groups in total. The Bertz CT molecular complexity index is 1200. The van der Waals surface area contributed by atoms with Crippen molar-refractivity contribution in [2.75, 3.05) is 44.6 Å². The van der Waals surface area contributed by atoms with Crippen molar-refractivity contribution in [3.8, 4) is 0 Å². The fourth-order valence-electron chi connectivity index (χ4n) is 6.19. The third kappa shape index (κ3) is 5.62. The Morgan fingerprint density at radius 3 is 2.68 bits per heavy atom. The number of hydrogen-bond donors (Lipinski definition) is 1. The summed E-state index contributed by atoms with van der Waals surface area (Å²) in [5.41, 5.74) is 3.77. The third-order valence-corrected chi connectivity index (χ3v) is 8.97. The zero-order chi connectivity index (χ0) is 26.6. The molecule has 0 amide bonds. The summed E-state index contributed by atoms with van der Waals surface area (Å²) in [4.78, 5) is 29.5. The van der Waals surface area contributed by atoms with Crippen LogP contribution in [0, 0.1) is 10.1 Å². The molecule has 2 aromatic rings. The molecule has 1 unspecified atom stereocenters. The molecule has 1 aromatic heterocycles. The van der Waals surface area contributed by atoms with E-state index < -0.39 is 16.8 Å². The monoisotopic (exact) mass is 539 g/mol. The Balaban J connectivity index is 1.37. The van der Waals surface area contributed by atoms with Crippen molar-refractivity contribution in [1.29, 1.82) is 0 Å². The number of rotatable bonds is 8. The highest BCUT2D eigenvalue weighted by molar-refractivity contribution is 7.10. The predicted octanol–water partition coefficient (Wildman–Crippen LogP) is 4.94. The molecular weight excluding hydrogens is 502 g/mol. The van der Waals surface area contributed by atoms with Crippen LogP contribution in [0.4, 0.5) is 10.7 Å². The van der Waals surface area contributed by atoms with Crippen LogP contribution in [-0.4, -0.2) is 70.4 Å². The van der Waals surface area contributed by atoms with Gasteiger partial charge in [-0.25, -0.2) is 4.79 Å². The molecule has 9 nitrogen and oxygen atoms in total. The van der Waals surface area contributed by atoms with Crippen LogP contribution in [0.3, 0.4) is 0 Å². The van der Waals surface area contributed by atoms with Gasteiger partial charge in [-0.2, -0.15) is 4.37 Å². The van der Waals surface area contributed by atoms with Crippen molar-refractivity contribution in [2.24, 2.45) is 0 Å². The number of allylic oxidation sites excluding steroid dienone is 1. The maximum absolute atomic E-state index is 13.1. The minimum Gasteiger partial charge on any atom is -0.463 e. The van der Waals surface area contributed by atoms with Gasteiger partial charge in [0.15, 0.2) is 0 Å². The number of ether oxygens (including phenoxy) is 1. The summed E-state index contributed by atoms with van der Waals surface area (Å²) in [5, 5.41) is 15.8. The van der Waals surface area contributed by atoms with Crippen LogP contribution in [0.2, 0.25) is 0 Å². The summed E-state index contributed by atoms with van der Waals surface area (Å²) in [6, 6.07) is 7.34. The molecule has 5 rings (SSSR count). The highest BCUT2D eigenvalue weighted by Crippen LogP contribution is 2.46. The Hall–Kier alpha value is -2.82. The highest BCUT2D eigenvalue weighted by atomic mass is 32.1. The van der Waals surface area contributed by atoms with Gasteiger partial charge in [0.1, 0.15) is 5.00 Å². The maximum atomic E-state index is 13.1. The molecule has 1 aliphatic carbocycles. The molecule has 10 heteroatoms. The largest absolute Gasteiger partial charge is 0.463 e. The molecule has 204 valence electrons. The fraction of sp³-hybridized carbons (Fsp3) is 0.571. The molecule has 3 aliphatic rings. The van der Waals surface area contributed by atoms with Gasteiger partial charge < -0.3 is 15.0 Å². The number of carbonyl (C=O) groups is 1. The van der Waals surface area contributed by atoms with E-state index in [0.717, 1.165) is 61.4 Å². The van der Waals surface area contributed by atoms with E-state index >= 15 is 0 Å². The van der Waals surface area contributed by atoms with Crippen LogP contribution < -0.4 is 5.32 Å². The molecule has 0 spiro atoms. The van der Waals surface area contributed by atoms with Crippen molar-refractivity contribution < 1.29 is 14.5 Å². The van der Waals surface area contributed by atoms with Gasteiger partial charge in [-0.15, -0.1) is 0 Å². The van der Waals surface area contributed by atoms with E-state index in [-0.39, 0.29) is 12.3 Å². The summed E-state index contributed by atoms with van der Waals surface area (Å²) in [6.45, 7) is 9.14. The van der Waals surface area contributed by atoms with Crippen molar-refractivity contribution in [1.82, 2.24) is 14.2 Å². The van der Waals surface area contributed by atoms with E-state index in [1.807, 2.05) is 13.0 Å². The summed E-state index contributed by atoms with van der Waals surface area (Å²) in [7, 11) is 0. The van der Waals surface area contributed by atoms with Crippen molar-refractivity contribution in [3.05, 3.63) is 62.5 Å². The molecule has 1 aromatic carbocycles. The molecule has 2 aliphatic heterocycles. The van der Waals surface area contributed by atoms with Crippen LogP contribution in [0.15, 0.2) is 35.5 Å². The normalized spacial score (nSPS) is 21.2. The summed E-state index contributed by atoms with van der Waals surface area (Å²) >= 11 is 1.39. The zero-order valence-electron chi connectivity index (χ0n) is 22.3. The number of nitrogens with one attached hydrogen (secondary N) is 1. The number of anilines is 1. The van der Waals surface area contributed by atoms with Gasteiger partial charge >= 0.3 is 5.97 Å². The third-order valence-electron chi connectivity index (χ3n) is 8.16. The fourth-order valence-corrected chi connectivity index (χ4v) is 7.11. The van der Waals surface area contributed by atoms with Crippen LogP contribution >= 0.6 is 11.5 Å². The zero-order valence-corrected chi connectivity index (χ0v) is 23.1. The number of nitro benzene ring substituents is 1. The SMILES string of the molecule is CCOC(=O)C1=C(C)Nc2snc(CCN3CCN(C4CCCCC4)CC3)c2C1c1cccc([N+](=O)[O-])c1. The first-order valence-corrected chi connectivity index (χ1v) is 14.6. The van der Waals surface area contributed by atoms with Crippen molar-refractivity contribution >= 4 is 28.2 Å². The standard InChI is InChI=1S/C28H37N5O4S/c1-3-37-28(34)24-19(2)29-27-26(25(24)20-8-7-11-22(18-20)33(35)36)23(30-38-27)12-13-31-14-16-32(17-15-31)21-9-5-4-6-10-21/h7-8,11,18,21,25,29H,3-6,9-10,12-17H2,1-2H3. The lowest BCUT2D eigenvalue weighted by Gasteiger charge is -2.40. The van der Waals surface area contributed by atoms with Crippen molar-refractivity contribution in [2.45, 2.75) is 64.3 Å². The molecule has 1 saturated heterocycles. The smallest absolute Gasteiger partial charge is 0.336 e. The minimum atomic E-state index is -0.470. The Morgan fingerprint density at radius 1 is 1.21 bits per heavy atom. The number of nitro groups is 1. The van der Waals surface area contributed by atoms with E-state index in [2.05, 4.69) is 15.1 Å². The molecule has 1 atom stereocenters. The first kappa shape index (κ1) is 26.8. The lowest BCUT2D eigenvalue weighted by Crippen LogP contribution is -2.51. The molecule has 38 heavy (non-hydrogen) atoms. The van der Waals surface area contributed by atoms with Gasteiger partial charge in [0.2, 0.25) is 0 Å². The number of benzene rings is 1. The van der Waals surface area contributed by atoms with E-state index in [0.29, 0.717) is 16.8 Å². The Labute approximate surface area is 228 Å². The number of hydrogen-bond acceptors (Lipinski definition) is 9. The Kier molecular flexibility index (Phi) is 8.40. The number of fused-ring (bicyclic) bond motifs is 1. The number of non-ortho nitro benzene ring substituents is 1. The van der Waals surface area contributed by atoms with E-state index in [4.69, 9.17) is 9.11 Å². The average molecular weight is 540 g/mol. The van der Waals surface area contributed by atoms with Gasteiger partial charge in [0.25, 0.3) is 5.69 Å². The molecule has 2 fully saturated rings. The number of piperazine rings is 1. The topological polar surface area (TPSA) is 101 Å². The Morgan fingerprint density at radius 2 is 1.97 bits per heavy atom. The summed E-state index contributed by atoms with van der Waals surface area (Å²) in [6.07, 6.45) is 7.55. The van der Waals surface area contributed by atoms with Crippen LogP contribution in [0.25, 0.3) is 0 Å². The average Bonchev–Trinajstić information content (AvgIpc) is 3.34. The summed E-state index contributed by atoms with van der Waals surface area (Å²) in [5.74, 6) is -0.877. The van der Waals surface area contributed by atoms with Crippen LogP contribution in [-0.2, 0) is 16.0 Å². The summed E-state index contributed by atoms with van der Waals surface area (Å²) < 4.78 is 10.2. The second-order valence-corrected chi connectivity index (χ2v) is 11.2. The van der Waals surface area contributed by atoms with Gasteiger partial charge in [-0.05, 0) is 43.8 Å². The lowest BCUT2D eigenvalue weighted by molar-refractivity contribution is -0.384. The maximum Gasteiger partial charge on any atom is 0.336 e. The predicted molar refractivity (Wildman–Crippen MR) is 149 cm³/mol. The molecule has 1 saturated carbocycles. The first-order chi connectivity index (χ1) is 18.5. The number of esters is 1. The van der Waals surface area contributed by atoms with Crippen molar-refractivity contribution in [3.63, 3.8) is 0 Å². The quantitative estimate of drug-likeness (QED) is 0.286. The number of aromatic nitrogens is 1. The number of carbonyl (C=O) groups excluding carboxylic acids is 1.